The van der Waals surface area contributed by atoms with Crippen LogP contribution in [0.5, 0.6) is 0 Å². The Labute approximate surface area is 124 Å². The number of aryl methyl sites for hydroxylation is 1. The summed E-state index contributed by atoms with van der Waals surface area (Å²) in [5, 5.41) is 15.0. The lowest BCUT2D eigenvalue weighted by atomic mass is 10.1. The molecule has 7 heteroatoms. The number of aromatic nitrogens is 4. The molecule has 2 aromatic rings. The molecule has 0 unspecified atom stereocenters. The Balaban J connectivity index is 2.12. The van der Waals surface area contributed by atoms with Gasteiger partial charge in [0.05, 0.1) is 12.2 Å². The van der Waals surface area contributed by atoms with Gasteiger partial charge in [-0.3, -0.25) is 9.48 Å². The Morgan fingerprint density at radius 1 is 1.43 bits per heavy atom. The van der Waals surface area contributed by atoms with Gasteiger partial charge in [0.25, 0.3) is 5.91 Å². The lowest BCUT2D eigenvalue weighted by Gasteiger charge is -2.24. The van der Waals surface area contributed by atoms with Crippen LogP contribution in [-0.2, 0) is 7.05 Å². The third-order valence-electron chi connectivity index (χ3n) is 3.37. The summed E-state index contributed by atoms with van der Waals surface area (Å²) in [6, 6.07) is 3.59. The second-order valence-corrected chi connectivity index (χ2v) is 4.87. The molecule has 0 saturated heterocycles. The summed E-state index contributed by atoms with van der Waals surface area (Å²) in [6.45, 7) is 4.50. The first kappa shape index (κ1) is 15.0. The molecular weight excluding hydrogens is 268 g/mol. The van der Waals surface area contributed by atoms with Crippen molar-refractivity contribution in [2.75, 3.05) is 18.5 Å². The molecule has 0 radical (unpaired) electrons. The lowest BCUT2D eigenvalue weighted by molar-refractivity contribution is 0.0950. The molecule has 2 aromatic heterocycles. The van der Waals surface area contributed by atoms with Crippen molar-refractivity contribution in [2.24, 2.45) is 7.05 Å². The molecule has 0 bridgehead atoms. The van der Waals surface area contributed by atoms with Gasteiger partial charge in [-0.05, 0) is 26.0 Å². The van der Waals surface area contributed by atoms with Crippen LogP contribution in [0.2, 0.25) is 0 Å². The molecule has 0 spiro atoms. The lowest BCUT2D eigenvalue weighted by Crippen LogP contribution is -2.26. The summed E-state index contributed by atoms with van der Waals surface area (Å²) in [4.78, 5) is 13.6. The predicted molar refractivity (Wildman–Crippen MR) is 80.1 cm³/mol. The van der Waals surface area contributed by atoms with Crippen LogP contribution >= 0.6 is 0 Å². The number of hydrogen-bond acceptors (Lipinski definition) is 5. The van der Waals surface area contributed by atoms with Gasteiger partial charge < -0.3 is 10.2 Å². The maximum Gasteiger partial charge on any atom is 0.271 e. The molecule has 0 aliphatic carbocycles. The van der Waals surface area contributed by atoms with E-state index in [-0.39, 0.29) is 11.9 Å². The fourth-order valence-electron chi connectivity index (χ4n) is 1.96. The molecule has 112 valence electrons. The molecular formula is C14H20N6O. The second-order valence-electron chi connectivity index (χ2n) is 4.87. The van der Waals surface area contributed by atoms with Crippen molar-refractivity contribution < 1.29 is 4.79 Å². The SMILES string of the molecule is CCNC(=O)c1ccc(N(C)[C@@H](C)c2cnn(C)c2)nn1. The molecule has 2 heterocycles. The molecule has 0 saturated carbocycles. The van der Waals surface area contributed by atoms with E-state index >= 15 is 0 Å². The minimum atomic E-state index is -0.209. The molecule has 0 aliphatic rings. The zero-order valence-electron chi connectivity index (χ0n) is 12.7. The maximum atomic E-state index is 11.6. The van der Waals surface area contributed by atoms with Crippen molar-refractivity contribution in [1.29, 1.82) is 0 Å². The Morgan fingerprint density at radius 3 is 2.71 bits per heavy atom. The van der Waals surface area contributed by atoms with Gasteiger partial charge in [-0.2, -0.15) is 5.10 Å². The van der Waals surface area contributed by atoms with Crippen LogP contribution in [0, 0.1) is 0 Å². The number of carbonyl (C=O) groups excluding carboxylic acids is 1. The molecule has 1 N–H and O–H groups in total. The summed E-state index contributed by atoms with van der Waals surface area (Å²) in [5.74, 6) is 0.499. The Kier molecular flexibility index (Phi) is 4.52. The summed E-state index contributed by atoms with van der Waals surface area (Å²) < 4.78 is 1.77. The van der Waals surface area contributed by atoms with Crippen LogP contribution in [0.3, 0.4) is 0 Å². The van der Waals surface area contributed by atoms with Gasteiger partial charge in [0.15, 0.2) is 11.5 Å². The van der Waals surface area contributed by atoms with Gasteiger partial charge in [-0.15, -0.1) is 10.2 Å². The van der Waals surface area contributed by atoms with E-state index in [9.17, 15) is 4.79 Å². The zero-order chi connectivity index (χ0) is 15.4. The van der Waals surface area contributed by atoms with E-state index in [1.54, 1.807) is 16.8 Å². The molecule has 21 heavy (non-hydrogen) atoms. The number of nitrogens with one attached hydrogen (secondary N) is 1. The highest BCUT2D eigenvalue weighted by molar-refractivity contribution is 5.92. The van der Waals surface area contributed by atoms with Crippen LogP contribution in [0.4, 0.5) is 5.82 Å². The molecule has 1 atom stereocenters. The first-order chi connectivity index (χ1) is 10.0. The van der Waals surface area contributed by atoms with Crippen molar-refractivity contribution in [1.82, 2.24) is 25.3 Å². The highest BCUT2D eigenvalue weighted by Gasteiger charge is 2.16. The van der Waals surface area contributed by atoms with E-state index in [2.05, 4.69) is 27.5 Å². The van der Waals surface area contributed by atoms with Gasteiger partial charge in [0.2, 0.25) is 0 Å². The van der Waals surface area contributed by atoms with E-state index in [4.69, 9.17) is 0 Å². The average Bonchev–Trinajstić information content (AvgIpc) is 2.92. The molecule has 7 nitrogen and oxygen atoms in total. The van der Waals surface area contributed by atoms with E-state index in [1.165, 1.54) is 0 Å². The summed E-state index contributed by atoms with van der Waals surface area (Å²) in [5.41, 5.74) is 1.41. The van der Waals surface area contributed by atoms with Crippen molar-refractivity contribution >= 4 is 11.7 Å². The van der Waals surface area contributed by atoms with E-state index in [0.29, 0.717) is 18.1 Å². The molecule has 2 rings (SSSR count). The predicted octanol–water partition coefficient (Wildman–Crippen LogP) is 1.16. The van der Waals surface area contributed by atoms with Gasteiger partial charge in [-0.1, -0.05) is 0 Å². The Morgan fingerprint density at radius 2 is 2.19 bits per heavy atom. The van der Waals surface area contributed by atoms with Gasteiger partial charge >= 0.3 is 0 Å². The first-order valence-corrected chi connectivity index (χ1v) is 6.86. The molecule has 1 amide bonds. The summed E-state index contributed by atoms with van der Waals surface area (Å²) in [6.07, 6.45) is 3.80. The number of amides is 1. The first-order valence-electron chi connectivity index (χ1n) is 6.86. The van der Waals surface area contributed by atoms with Crippen LogP contribution in [0.1, 0.15) is 35.9 Å². The smallest absolute Gasteiger partial charge is 0.271 e. The Bertz CT molecular complexity index is 606. The van der Waals surface area contributed by atoms with E-state index < -0.39 is 0 Å². The molecule has 0 aliphatic heterocycles. The van der Waals surface area contributed by atoms with Crippen LogP contribution < -0.4 is 10.2 Å². The fraction of sp³-hybridized carbons (Fsp3) is 0.429. The van der Waals surface area contributed by atoms with E-state index in [0.717, 1.165) is 5.56 Å². The van der Waals surface area contributed by atoms with Gasteiger partial charge in [0, 0.05) is 32.4 Å². The quantitative estimate of drug-likeness (QED) is 0.893. The number of rotatable bonds is 5. The number of anilines is 1. The monoisotopic (exact) mass is 288 g/mol. The third-order valence-corrected chi connectivity index (χ3v) is 3.37. The number of carbonyl (C=O) groups is 1. The van der Waals surface area contributed by atoms with Crippen molar-refractivity contribution in [3.8, 4) is 0 Å². The fourth-order valence-corrected chi connectivity index (χ4v) is 1.96. The summed E-state index contributed by atoms with van der Waals surface area (Å²) in [7, 11) is 3.82. The Hall–Kier alpha value is -2.44. The number of nitrogens with zero attached hydrogens (tertiary/aromatic N) is 5. The van der Waals surface area contributed by atoms with Crippen LogP contribution in [0.25, 0.3) is 0 Å². The van der Waals surface area contributed by atoms with Crippen molar-refractivity contribution in [2.45, 2.75) is 19.9 Å². The minimum absolute atomic E-state index is 0.114. The average molecular weight is 288 g/mol. The van der Waals surface area contributed by atoms with Crippen molar-refractivity contribution in [3.05, 3.63) is 35.8 Å². The normalized spacial score (nSPS) is 12.0. The largest absolute Gasteiger partial charge is 0.351 e. The standard InChI is InChI=1S/C14H20N6O/c1-5-15-14(21)12-6-7-13(18-17-12)20(4)10(2)11-8-16-19(3)9-11/h6-10H,5H2,1-4H3,(H,15,21)/t10-/m0/s1. The third kappa shape index (κ3) is 3.36. The topological polar surface area (TPSA) is 75.9 Å². The van der Waals surface area contributed by atoms with E-state index in [1.807, 2.05) is 38.3 Å². The molecule has 0 aromatic carbocycles. The second kappa shape index (κ2) is 6.34. The summed E-state index contributed by atoms with van der Waals surface area (Å²) >= 11 is 0. The zero-order valence-corrected chi connectivity index (χ0v) is 12.7. The van der Waals surface area contributed by atoms with Crippen molar-refractivity contribution in [3.63, 3.8) is 0 Å². The molecule has 0 fully saturated rings. The highest BCUT2D eigenvalue weighted by Crippen LogP contribution is 2.22. The van der Waals surface area contributed by atoms with Gasteiger partial charge in [-0.25, -0.2) is 0 Å². The highest BCUT2D eigenvalue weighted by atomic mass is 16.1. The van der Waals surface area contributed by atoms with Gasteiger partial charge in [0.1, 0.15) is 0 Å². The van der Waals surface area contributed by atoms with Crippen LogP contribution in [-0.4, -0.2) is 39.5 Å². The maximum absolute atomic E-state index is 11.6. The van der Waals surface area contributed by atoms with Crippen LogP contribution in [0.15, 0.2) is 24.5 Å². The minimum Gasteiger partial charge on any atom is -0.351 e. The number of hydrogen-bond donors (Lipinski definition) is 1.